The molecule has 5 nitrogen and oxygen atoms in total. The predicted octanol–water partition coefficient (Wildman–Crippen LogP) is 3.06. The molecule has 0 radical (unpaired) electrons. The fourth-order valence-corrected chi connectivity index (χ4v) is 4.04. The number of rotatable bonds is 5. The van der Waals surface area contributed by atoms with Crippen molar-refractivity contribution in [2.24, 2.45) is 0 Å². The Hall–Kier alpha value is -2.34. The normalized spacial score (nSPS) is 13.2. The average Bonchev–Trinajstić information content (AvgIpc) is 3.28. The fourth-order valence-electron chi connectivity index (χ4n) is 3.05. The molecule has 0 spiro atoms. The lowest BCUT2D eigenvalue weighted by molar-refractivity contribution is 0.481. The van der Waals surface area contributed by atoms with Crippen LogP contribution in [0.15, 0.2) is 57.0 Å². The van der Waals surface area contributed by atoms with Crippen LogP contribution in [0.3, 0.4) is 0 Å². The van der Waals surface area contributed by atoms with E-state index in [1.165, 1.54) is 5.56 Å². The first-order valence-corrected chi connectivity index (χ1v) is 8.97. The van der Waals surface area contributed by atoms with E-state index in [4.69, 9.17) is 4.42 Å². The molecule has 0 aliphatic heterocycles. The Morgan fingerprint density at radius 3 is 2.96 bits per heavy atom. The highest BCUT2D eigenvalue weighted by molar-refractivity contribution is 7.98. The third-order valence-electron chi connectivity index (χ3n) is 4.18. The molecule has 3 aromatic heterocycles. The molecule has 0 aromatic carbocycles. The molecule has 0 saturated carbocycles. The zero-order valence-electron chi connectivity index (χ0n) is 13.1. The molecule has 0 saturated heterocycles. The molecule has 3 heterocycles. The number of thioether (sulfide) groups is 1. The van der Waals surface area contributed by atoms with E-state index in [2.05, 4.69) is 9.97 Å². The van der Waals surface area contributed by atoms with Crippen molar-refractivity contribution in [1.82, 2.24) is 14.5 Å². The first-order chi connectivity index (χ1) is 11.8. The fraction of sp³-hybridized carbons (Fsp3) is 0.278. The van der Waals surface area contributed by atoms with E-state index in [0.717, 1.165) is 47.2 Å². The van der Waals surface area contributed by atoms with Crippen LogP contribution in [-0.2, 0) is 25.1 Å². The summed E-state index contributed by atoms with van der Waals surface area (Å²) in [5.41, 5.74) is 3.11. The van der Waals surface area contributed by atoms with Gasteiger partial charge in [-0.3, -0.25) is 9.55 Å². The largest absolute Gasteiger partial charge is 0.467 e. The third-order valence-corrected chi connectivity index (χ3v) is 5.23. The third kappa shape index (κ3) is 3.01. The van der Waals surface area contributed by atoms with Gasteiger partial charge in [0.2, 0.25) is 0 Å². The SMILES string of the molecule is O=c1nc(SCc2ccccn2)c2c(n1Cc1ccco1)CCC2. The van der Waals surface area contributed by atoms with E-state index in [0.29, 0.717) is 6.54 Å². The van der Waals surface area contributed by atoms with Gasteiger partial charge < -0.3 is 4.42 Å². The molecule has 4 rings (SSSR count). The number of aromatic nitrogens is 3. The molecule has 0 atom stereocenters. The van der Waals surface area contributed by atoms with Crippen LogP contribution in [0, 0.1) is 0 Å². The minimum atomic E-state index is -0.199. The first kappa shape index (κ1) is 15.2. The van der Waals surface area contributed by atoms with Gasteiger partial charge in [-0.05, 0) is 43.5 Å². The molecule has 24 heavy (non-hydrogen) atoms. The summed E-state index contributed by atoms with van der Waals surface area (Å²) in [6.07, 6.45) is 6.38. The second-order valence-corrected chi connectivity index (χ2v) is 6.72. The van der Waals surface area contributed by atoms with E-state index in [9.17, 15) is 4.79 Å². The van der Waals surface area contributed by atoms with Crippen LogP contribution in [0.2, 0.25) is 0 Å². The second kappa shape index (κ2) is 6.65. The van der Waals surface area contributed by atoms with Crippen molar-refractivity contribution >= 4 is 11.8 Å². The minimum absolute atomic E-state index is 0.199. The van der Waals surface area contributed by atoms with Crippen LogP contribution >= 0.6 is 11.8 Å². The first-order valence-electron chi connectivity index (χ1n) is 7.99. The Kier molecular flexibility index (Phi) is 4.21. The average molecular weight is 339 g/mol. The molecule has 0 fully saturated rings. The Morgan fingerprint density at radius 2 is 2.17 bits per heavy atom. The van der Waals surface area contributed by atoms with Crippen molar-refractivity contribution in [2.75, 3.05) is 0 Å². The second-order valence-electron chi connectivity index (χ2n) is 5.75. The summed E-state index contributed by atoms with van der Waals surface area (Å²) in [6.45, 7) is 0.451. The van der Waals surface area contributed by atoms with Gasteiger partial charge in [-0.15, -0.1) is 0 Å². The maximum Gasteiger partial charge on any atom is 0.349 e. The zero-order chi connectivity index (χ0) is 16.4. The standard InChI is InChI=1S/C18H17N3O2S/c22-18-20-17(24-12-13-5-1-2-9-19-13)15-7-3-8-16(15)21(18)11-14-6-4-10-23-14/h1-2,4-6,9-10H,3,7-8,11-12H2. The lowest BCUT2D eigenvalue weighted by Gasteiger charge is -2.13. The van der Waals surface area contributed by atoms with Crippen LogP contribution in [0.1, 0.15) is 29.1 Å². The molecule has 0 N–H and O–H groups in total. The van der Waals surface area contributed by atoms with Gasteiger partial charge in [-0.25, -0.2) is 4.79 Å². The Bertz CT molecular complexity index is 889. The molecule has 0 bridgehead atoms. The van der Waals surface area contributed by atoms with Gasteiger partial charge in [0.25, 0.3) is 0 Å². The predicted molar refractivity (Wildman–Crippen MR) is 92.1 cm³/mol. The number of fused-ring (bicyclic) bond motifs is 1. The lowest BCUT2D eigenvalue weighted by atomic mass is 10.2. The van der Waals surface area contributed by atoms with E-state index in [1.807, 2.05) is 30.3 Å². The van der Waals surface area contributed by atoms with E-state index < -0.39 is 0 Å². The van der Waals surface area contributed by atoms with E-state index in [-0.39, 0.29) is 5.69 Å². The molecule has 0 amide bonds. The highest BCUT2D eigenvalue weighted by atomic mass is 32.2. The van der Waals surface area contributed by atoms with Gasteiger partial charge >= 0.3 is 5.69 Å². The number of hydrogen-bond acceptors (Lipinski definition) is 5. The summed E-state index contributed by atoms with van der Waals surface area (Å²) in [5.74, 6) is 1.50. The zero-order valence-corrected chi connectivity index (χ0v) is 14.0. The van der Waals surface area contributed by atoms with Crippen molar-refractivity contribution in [1.29, 1.82) is 0 Å². The molecular weight excluding hydrogens is 322 g/mol. The van der Waals surface area contributed by atoms with Gasteiger partial charge in [0.05, 0.1) is 18.5 Å². The molecule has 1 aliphatic carbocycles. The van der Waals surface area contributed by atoms with Crippen LogP contribution < -0.4 is 5.69 Å². The molecule has 3 aromatic rings. The highest BCUT2D eigenvalue weighted by Gasteiger charge is 2.22. The summed E-state index contributed by atoms with van der Waals surface area (Å²) in [6, 6.07) is 9.59. The quantitative estimate of drug-likeness (QED) is 0.528. The van der Waals surface area contributed by atoms with Crippen LogP contribution in [0.5, 0.6) is 0 Å². The highest BCUT2D eigenvalue weighted by Crippen LogP contribution is 2.30. The smallest absolute Gasteiger partial charge is 0.349 e. The lowest BCUT2D eigenvalue weighted by Crippen LogP contribution is -2.27. The van der Waals surface area contributed by atoms with E-state index in [1.54, 1.807) is 28.8 Å². The van der Waals surface area contributed by atoms with Gasteiger partial charge in [0, 0.05) is 23.2 Å². The van der Waals surface area contributed by atoms with Crippen molar-refractivity contribution in [3.8, 4) is 0 Å². The van der Waals surface area contributed by atoms with Gasteiger partial charge in [-0.1, -0.05) is 17.8 Å². The van der Waals surface area contributed by atoms with Gasteiger partial charge in [0.1, 0.15) is 10.8 Å². The monoisotopic (exact) mass is 339 g/mol. The molecule has 0 unspecified atom stereocenters. The van der Waals surface area contributed by atoms with Gasteiger partial charge in [0.15, 0.2) is 0 Å². The topological polar surface area (TPSA) is 60.9 Å². The molecular formula is C18H17N3O2S. The van der Waals surface area contributed by atoms with Crippen molar-refractivity contribution in [2.45, 2.75) is 36.6 Å². The molecule has 6 heteroatoms. The number of pyridine rings is 1. The summed E-state index contributed by atoms with van der Waals surface area (Å²) in [5, 5.41) is 0.855. The van der Waals surface area contributed by atoms with Crippen molar-refractivity contribution in [3.63, 3.8) is 0 Å². The Labute approximate surface area is 143 Å². The summed E-state index contributed by atoms with van der Waals surface area (Å²) >= 11 is 1.60. The summed E-state index contributed by atoms with van der Waals surface area (Å²) < 4.78 is 7.14. The van der Waals surface area contributed by atoms with Crippen LogP contribution in [0.4, 0.5) is 0 Å². The van der Waals surface area contributed by atoms with Crippen molar-refractivity contribution in [3.05, 3.63) is 76.0 Å². The Balaban J connectivity index is 1.63. The molecule has 122 valence electrons. The van der Waals surface area contributed by atoms with E-state index >= 15 is 0 Å². The van der Waals surface area contributed by atoms with Crippen LogP contribution in [0.25, 0.3) is 0 Å². The number of furan rings is 1. The summed E-state index contributed by atoms with van der Waals surface area (Å²) in [7, 11) is 0. The van der Waals surface area contributed by atoms with Crippen LogP contribution in [-0.4, -0.2) is 14.5 Å². The Morgan fingerprint density at radius 1 is 1.21 bits per heavy atom. The van der Waals surface area contributed by atoms with Crippen molar-refractivity contribution < 1.29 is 4.42 Å². The summed E-state index contributed by atoms with van der Waals surface area (Å²) in [4.78, 5) is 21.2. The van der Waals surface area contributed by atoms with Gasteiger partial charge in [-0.2, -0.15) is 4.98 Å². The maximum atomic E-state index is 12.5. The number of nitrogens with zero attached hydrogens (tertiary/aromatic N) is 3. The minimum Gasteiger partial charge on any atom is -0.467 e. The molecule has 1 aliphatic rings. The maximum absolute atomic E-state index is 12.5. The number of hydrogen-bond donors (Lipinski definition) is 0.